The molecule has 0 saturated heterocycles. The van der Waals surface area contributed by atoms with E-state index in [1.807, 2.05) is 17.5 Å². The summed E-state index contributed by atoms with van der Waals surface area (Å²) in [5.74, 6) is -0.816. The first-order chi connectivity index (χ1) is 9.63. The average Bonchev–Trinajstić information content (AvgIpc) is 3.12. The maximum absolute atomic E-state index is 12.2. The molecule has 1 amide bonds. The van der Waals surface area contributed by atoms with Gasteiger partial charge in [0.1, 0.15) is 6.04 Å². The highest BCUT2D eigenvalue weighted by atomic mass is 32.1. The Kier molecular flexibility index (Phi) is 3.44. The molecule has 5 heteroatoms. The van der Waals surface area contributed by atoms with Gasteiger partial charge in [-0.25, -0.2) is 4.79 Å². The Labute approximate surface area is 120 Å². The van der Waals surface area contributed by atoms with Gasteiger partial charge in [-0.05, 0) is 47.4 Å². The van der Waals surface area contributed by atoms with Crippen molar-refractivity contribution in [1.82, 2.24) is 5.32 Å². The van der Waals surface area contributed by atoms with Crippen LogP contribution in [-0.4, -0.2) is 23.0 Å². The fourth-order valence-electron chi connectivity index (χ4n) is 2.26. The summed E-state index contributed by atoms with van der Waals surface area (Å²) in [4.78, 5) is 23.3. The predicted octanol–water partition coefficient (Wildman–Crippen LogP) is 2.88. The molecule has 0 spiro atoms. The van der Waals surface area contributed by atoms with Crippen LogP contribution in [-0.2, 0) is 4.79 Å². The number of carbonyl (C=O) groups is 2. The van der Waals surface area contributed by atoms with E-state index in [0.29, 0.717) is 17.9 Å². The van der Waals surface area contributed by atoms with Crippen LogP contribution in [0.15, 0.2) is 29.6 Å². The quantitative estimate of drug-likeness (QED) is 0.889. The Balaban J connectivity index is 1.74. The van der Waals surface area contributed by atoms with E-state index in [1.54, 1.807) is 23.5 Å². The average molecular weight is 289 g/mol. The van der Waals surface area contributed by atoms with Crippen LogP contribution in [0, 0.1) is 5.92 Å². The van der Waals surface area contributed by atoms with E-state index in [1.165, 1.54) is 0 Å². The number of aliphatic carboxylic acids is 1. The molecule has 2 N–H and O–H groups in total. The van der Waals surface area contributed by atoms with Gasteiger partial charge in [0.15, 0.2) is 0 Å². The molecule has 1 aromatic carbocycles. The summed E-state index contributed by atoms with van der Waals surface area (Å²) in [6, 6.07) is 6.61. The minimum absolute atomic E-state index is 0.314. The van der Waals surface area contributed by atoms with Gasteiger partial charge in [0, 0.05) is 10.3 Å². The number of thiophene rings is 1. The first-order valence-electron chi connectivity index (χ1n) is 6.64. The summed E-state index contributed by atoms with van der Waals surface area (Å²) < 4.78 is 1.12. The first kappa shape index (κ1) is 13.1. The van der Waals surface area contributed by atoms with E-state index in [2.05, 4.69) is 5.32 Å². The zero-order valence-corrected chi connectivity index (χ0v) is 11.7. The maximum atomic E-state index is 12.2. The lowest BCUT2D eigenvalue weighted by atomic mass is 10.1. The summed E-state index contributed by atoms with van der Waals surface area (Å²) in [6.45, 7) is 0. The minimum Gasteiger partial charge on any atom is -0.480 e. The predicted molar refractivity (Wildman–Crippen MR) is 78.1 cm³/mol. The third kappa shape index (κ3) is 2.82. The summed E-state index contributed by atoms with van der Waals surface area (Å²) in [6.07, 6.45) is 2.67. The molecular weight excluding hydrogens is 274 g/mol. The fraction of sp³-hybridized carbons (Fsp3) is 0.333. The van der Waals surface area contributed by atoms with Crippen LogP contribution in [0.3, 0.4) is 0 Å². The highest BCUT2D eigenvalue weighted by Gasteiger charge is 2.30. The molecule has 1 heterocycles. The lowest BCUT2D eigenvalue weighted by Crippen LogP contribution is -2.41. The van der Waals surface area contributed by atoms with E-state index < -0.39 is 12.0 Å². The number of carboxylic acids is 1. The summed E-state index contributed by atoms with van der Waals surface area (Å²) in [5.41, 5.74) is 0.512. The first-order valence-corrected chi connectivity index (χ1v) is 7.52. The van der Waals surface area contributed by atoms with Crippen LogP contribution in [0.2, 0.25) is 0 Å². The van der Waals surface area contributed by atoms with Gasteiger partial charge < -0.3 is 10.4 Å². The van der Waals surface area contributed by atoms with Gasteiger partial charge in [0.25, 0.3) is 5.91 Å². The highest BCUT2D eigenvalue weighted by molar-refractivity contribution is 7.17. The molecule has 20 heavy (non-hydrogen) atoms. The van der Waals surface area contributed by atoms with Crippen molar-refractivity contribution in [3.8, 4) is 0 Å². The van der Waals surface area contributed by atoms with Crippen LogP contribution in [0.4, 0.5) is 0 Å². The molecule has 1 aromatic heterocycles. The van der Waals surface area contributed by atoms with E-state index >= 15 is 0 Å². The Morgan fingerprint density at radius 1 is 1.35 bits per heavy atom. The van der Waals surface area contributed by atoms with Crippen LogP contribution >= 0.6 is 11.3 Å². The number of carboxylic acid groups (broad SMARTS) is 1. The van der Waals surface area contributed by atoms with Gasteiger partial charge in [0.2, 0.25) is 0 Å². The highest BCUT2D eigenvalue weighted by Crippen LogP contribution is 2.33. The molecule has 1 unspecified atom stereocenters. The molecule has 1 atom stereocenters. The Morgan fingerprint density at radius 3 is 2.85 bits per heavy atom. The third-order valence-corrected chi connectivity index (χ3v) is 4.48. The molecule has 104 valence electrons. The van der Waals surface area contributed by atoms with Gasteiger partial charge in [-0.2, -0.15) is 0 Å². The Hall–Kier alpha value is -1.88. The number of benzene rings is 1. The maximum Gasteiger partial charge on any atom is 0.326 e. The molecule has 0 radical (unpaired) electrons. The summed E-state index contributed by atoms with van der Waals surface area (Å²) in [5, 5.41) is 14.8. The summed E-state index contributed by atoms with van der Waals surface area (Å²) >= 11 is 1.62. The normalized spacial score (nSPS) is 16.0. The van der Waals surface area contributed by atoms with Crippen molar-refractivity contribution in [2.45, 2.75) is 25.3 Å². The molecular formula is C15H15NO3S. The largest absolute Gasteiger partial charge is 0.480 e. The minimum atomic E-state index is -0.957. The van der Waals surface area contributed by atoms with Gasteiger partial charge in [-0.1, -0.05) is 12.8 Å². The molecule has 1 aliphatic carbocycles. The van der Waals surface area contributed by atoms with Crippen molar-refractivity contribution < 1.29 is 14.7 Å². The second-order valence-electron chi connectivity index (χ2n) is 5.22. The molecule has 3 rings (SSSR count). The SMILES string of the molecule is O=C(NC(CC1CC1)C(=O)O)c1ccc2sccc2c1. The lowest BCUT2D eigenvalue weighted by molar-refractivity contribution is -0.139. The third-order valence-electron chi connectivity index (χ3n) is 3.58. The van der Waals surface area contributed by atoms with Crippen molar-refractivity contribution in [1.29, 1.82) is 0 Å². The van der Waals surface area contributed by atoms with Crippen LogP contribution in [0.25, 0.3) is 10.1 Å². The second kappa shape index (κ2) is 5.25. The fourth-order valence-corrected chi connectivity index (χ4v) is 3.03. The van der Waals surface area contributed by atoms with Crippen molar-refractivity contribution in [3.05, 3.63) is 35.2 Å². The molecule has 0 bridgehead atoms. The number of fused-ring (bicyclic) bond motifs is 1. The molecule has 1 saturated carbocycles. The molecule has 1 fully saturated rings. The van der Waals surface area contributed by atoms with Crippen molar-refractivity contribution in [2.24, 2.45) is 5.92 Å². The molecule has 1 aliphatic rings. The number of carbonyl (C=O) groups excluding carboxylic acids is 1. The zero-order valence-electron chi connectivity index (χ0n) is 10.8. The van der Waals surface area contributed by atoms with E-state index in [-0.39, 0.29) is 5.91 Å². The van der Waals surface area contributed by atoms with Crippen LogP contribution in [0.1, 0.15) is 29.6 Å². The van der Waals surface area contributed by atoms with Crippen LogP contribution < -0.4 is 5.32 Å². The second-order valence-corrected chi connectivity index (χ2v) is 6.16. The van der Waals surface area contributed by atoms with Crippen molar-refractivity contribution in [3.63, 3.8) is 0 Å². The van der Waals surface area contributed by atoms with Gasteiger partial charge in [0.05, 0.1) is 0 Å². The molecule has 4 nitrogen and oxygen atoms in total. The monoisotopic (exact) mass is 289 g/mol. The summed E-state index contributed by atoms with van der Waals surface area (Å²) in [7, 11) is 0. The van der Waals surface area contributed by atoms with Gasteiger partial charge >= 0.3 is 5.97 Å². The van der Waals surface area contributed by atoms with Crippen molar-refractivity contribution in [2.75, 3.05) is 0 Å². The topological polar surface area (TPSA) is 66.4 Å². The van der Waals surface area contributed by atoms with E-state index in [4.69, 9.17) is 0 Å². The van der Waals surface area contributed by atoms with Gasteiger partial charge in [-0.3, -0.25) is 4.79 Å². The number of hydrogen-bond donors (Lipinski definition) is 2. The van der Waals surface area contributed by atoms with E-state index in [0.717, 1.165) is 22.9 Å². The number of amides is 1. The number of hydrogen-bond acceptors (Lipinski definition) is 3. The molecule has 2 aromatic rings. The molecule has 0 aliphatic heterocycles. The van der Waals surface area contributed by atoms with Crippen LogP contribution in [0.5, 0.6) is 0 Å². The Morgan fingerprint density at radius 2 is 2.15 bits per heavy atom. The van der Waals surface area contributed by atoms with E-state index in [9.17, 15) is 14.7 Å². The number of nitrogens with one attached hydrogen (secondary N) is 1. The smallest absolute Gasteiger partial charge is 0.326 e. The number of rotatable bonds is 5. The van der Waals surface area contributed by atoms with Gasteiger partial charge in [-0.15, -0.1) is 11.3 Å². The van der Waals surface area contributed by atoms with Crippen molar-refractivity contribution >= 4 is 33.3 Å². The lowest BCUT2D eigenvalue weighted by Gasteiger charge is -2.14. The standard InChI is InChI=1S/C15H15NO3S/c17-14(16-12(15(18)19)7-9-1-2-9)11-3-4-13-10(8-11)5-6-20-13/h3-6,8-9,12H,1-2,7H2,(H,16,17)(H,18,19). The Bertz CT molecular complexity index is 660. The zero-order chi connectivity index (χ0) is 14.1.